The van der Waals surface area contributed by atoms with Gasteiger partial charge in [-0.3, -0.25) is 0 Å². The number of alkyl halides is 2. The molecule has 1 fully saturated rings. The fraction of sp³-hybridized carbons (Fsp3) is 0.714. The molecule has 0 unspecified atom stereocenters. The van der Waals surface area contributed by atoms with E-state index in [9.17, 15) is 8.78 Å². The normalized spacial score (nSPS) is 16.3. The number of rotatable bonds is 8. The van der Waals surface area contributed by atoms with E-state index in [1.807, 2.05) is 26.0 Å². The molecule has 2 nitrogen and oxygen atoms in total. The van der Waals surface area contributed by atoms with Gasteiger partial charge in [-0.15, -0.1) is 0 Å². The van der Waals surface area contributed by atoms with Crippen molar-refractivity contribution in [1.29, 1.82) is 0 Å². The van der Waals surface area contributed by atoms with E-state index in [4.69, 9.17) is 4.74 Å². The number of piperidine rings is 1. The van der Waals surface area contributed by atoms with Gasteiger partial charge in [-0.25, -0.2) is 0 Å². The van der Waals surface area contributed by atoms with Crippen molar-refractivity contribution in [2.45, 2.75) is 72.3 Å². The first-order chi connectivity index (χ1) is 11.9. The van der Waals surface area contributed by atoms with Gasteiger partial charge in [0, 0.05) is 24.8 Å². The monoisotopic (exact) mass is 353 g/mol. The van der Waals surface area contributed by atoms with Gasteiger partial charge < -0.3 is 9.64 Å². The molecule has 1 aromatic carbocycles. The Morgan fingerprint density at radius 1 is 1.12 bits per heavy atom. The molecule has 2 rings (SSSR count). The number of benzene rings is 1. The first kappa shape index (κ1) is 20.0. The van der Waals surface area contributed by atoms with E-state index in [1.165, 1.54) is 32.1 Å². The highest BCUT2D eigenvalue weighted by molar-refractivity contribution is 5.54. The molecule has 0 amide bonds. The van der Waals surface area contributed by atoms with Gasteiger partial charge in [-0.1, -0.05) is 53.0 Å². The molecule has 1 saturated heterocycles. The quantitative estimate of drug-likeness (QED) is 0.532. The lowest BCUT2D eigenvalue weighted by atomic mass is 9.90. The van der Waals surface area contributed by atoms with Gasteiger partial charge in [0.05, 0.1) is 0 Å². The van der Waals surface area contributed by atoms with E-state index < -0.39 is 6.61 Å². The second kappa shape index (κ2) is 9.40. The van der Waals surface area contributed by atoms with Crippen LogP contribution < -0.4 is 9.64 Å². The van der Waals surface area contributed by atoms with Crippen LogP contribution in [0.1, 0.15) is 71.3 Å². The summed E-state index contributed by atoms with van der Waals surface area (Å²) >= 11 is 0. The topological polar surface area (TPSA) is 12.5 Å². The smallest absolute Gasteiger partial charge is 0.387 e. The second-order valence-corrected chi connectivity index (χ2v) is 8.01. The maximum absolute atomic E-state index is 12.7. The lowest BCUT2D eigenvalue weighted by Crippen LogP contribution is -2.33. The van der Waals surface area contributed by atoms with Crippen LogP contribution in [0.3, 0.4) is 0 Å². The first-order valence-electron chi connectivity index (χ1n) is 9.70. The van der Waals surface area contributed by atoms with Crippen molar-refractivity contribution < 1.29 is 13.5 Å². The van der Waals surface area contributed by atoms with Crippen LogP contribution in [0.25, 0.3) is 0 Å². The second-order valence-electron chi connectivity index (χ2n) is 8.01. The number of halogens is 2. The highest BCUT2D eigenvalue weighted by Gasteiger charge is 2.21. The summed E-state index contributed by atoms with van der Waals surface area (Å²) < 4.78 is 30.2. The average molecular weight is 353 g/mol. The molecule has 0 aromatic heterocycles. The molecule has 0 aliphatic carbocycles. The first-order valence-corrected chi connectivity index (χ1v) is 9.70. The van der Waals surface area contributed by atoms with Crippen LogP contribution in [0.5, 0.6) is 5.75 Å². The molecule has 142 valence electrons. The Bertz CT molecular complexity index is 523. The third-order valence-corrected chi connectivity index (χ3v) is 5.21. The molecule has 1 heterocycles. The summed E-state index contributed by atoms with van der Waals surface area (Å²) in [7, 11) is 0. The SMILES string of the molecule is CC(C)CCCC1CCN(c2ccc(C(C)C)c(OC(F)F)c2)CC1. The molecule has 4 heteroatoms. The van der Waals surface area contributed by atoms with E-state index in [1.54, 1.807) is 6.07 Å². The van der Waals surface area contributed by atoms with Crippen molar-refractivity contribution in [3.05, 3.63) is 23.8 Å². The zero-order chi connectivity index (χ0) is 18.4. The molecule has 0 N–H and O–H groups in total. The molecule has 1 aliphatic rings. The predicted octanol–water partition coefficient (Wildman–Crippen LogP) is 6.45. The summed E-state index contributed by atoms with van der Waals surface area (Å²) in [4.78, 5) is 2.31. The summed E-state index contributed by atoms with van der Waals surface area (Å²) in [5.41, 5.74) is 1.84. The minimum Gasteiger partial charge on any atom is -0.434 e. The van der Waals surface area contributed by atoms with Gasteiger partial charge >= 0.3 is 6.61 Å². The van der Waals surface area contributed by atoms with E-state index in [2.05, 4.69) is 18.7 Å². The summed E-state index contributed by atoms with van der Waals surface area (Å²) in [6.45, 7) is 7.78. The van der Waals surface area contributed by atoms with Crippen LogP contribution in [0, 0.1) is 11.8 Å². The molecule has 1 aromatic rings. The fourth-order valence-corrected chi connectivity index (χ4v) is 3.69. The summed E-state index contributed by atoms with van der Waals surface area (Å²) in [5, 5.41) is 0. The molecule has 0 atom stereocenters. The predicted molar refractivity (Wildman–Crippen MR) is 101 cm³/mol. The van der Waals surface area contributed by atoms with Gasteiger partial charge in [0.25, 0.3) is 0 Å². The molecule has 0 radical (unpaired) electrons. The van der Waals surface area contributed by atoms with Crippen LogP contribution in [0.2, 0.25) is 0 Å². The summed E-state index contributed by atoms with van der Waals surface area (Å²) in [5.74, 6) is 2.07. The Balaban J connectivity index is 1.96. The molecular formula is C21H33F2NO. The van der Waals surface area contributed by atoms with Gasteiger partial charge in [0.15, 0.2) is 0 Å². The van der Waals surface area contributed by atoms with Crippen LogP contribution in [-0.4, -0.2) is 19.7 Å². The summed E-state index contributed by atoms with van der Waals surface area (Å²) in [6.07, 6.45) is 6.32. The Kier molecular flexibility index (Phi) is 7.52. The van der Waals surface area contributed by atoms with Crippen molar-refractivity contribution in [3.63, 3.8) is 0 Å². The maximum atomic E-state index is 12.7. The van der Waals surface area contributed by atoms with Gasteiger partial charge in [-0.2, -0.15) is 8.78 Å². The Hall–Kier alpha value is -1.32. The molecular weight excluding hydrogens is 320 g/mol. The van der Waals surface area contributed by atoms with Crippen LogP contribution in [0.15, 0.2) is 18.2 Å². The summed E-state index contributed by atoms with van der Waals surface area (Å²) in [6, 6.07) is 5.78. The Morgan fingerprint density at radius 2 is 1.80 bits per heavy atom. The lowest BCUT2D eigenvalue weighted by Gasteiger charge is -2.34. The number of nitrogens with zero attached hydrogens (tertiary/aromatic N) is 1. The van der Waals surface area contributed by atoms with E-state index in [-0.39, 0.29) is 5.92 Å². The molecule has 0 saturated carbocycles. The highest BCUT2D eigenvalue weighted by atomic mass is 19.3. The number of hydrogen-bond donors (Lipinski definition) is 0. The minimum atomic E-state index is -2.78. The lowest BCUT2D eigenvalue weighted by molar-refractivity contribution is -0.0505. The maximum Gasteiger partial charge on any atom is 0.387 e. The minimum absolute atomic E-state index is 0.162. The van der Waals surface area contributed by atoms with Crippen LogP contribution in [-0.2, 0) is 0 Å². The number of ether oxygens (including phenoxy) is 1. The average Bonchev–Trinajstić information content (AvgIpc) is 2.54. The van der Waals surface area contributed by atoms with Gasteiger partial charge in [-0.05, 0) is 42.2 Å². The van der Waals surface area contributed by atoms with E-state index in [0.29, 0.717) is 5.75 Å². The van der Waals surface area contributed by atoms with Gasteiger partial charge in [0.1, 0.15) is 5.75 Å². The van der Waals surface area contributed by atoms with E-state index >= 15 is 0 Å². The van der Waals surface area contributed by atoms with Crippen molar-refractivity contribution in [3.8, 4) is 5.75 Å². The number of hydrogen-bond acceptors (Lipinski definition) is 2. The zero-order valence-corrected chi connectivity index (χ0v) is 16.1. The third-order valence-electron chi connectivity index (χ3n) is 5.21. The van der Waals surface area contributed by atoms with Crippen molar-refractivity contribution in [1.82, 2.24) is 0 Å². The van der Waals surface area contributed by atoms with Crippen LogP contribution >= 0.6 is 0 Å². The number of anilines is 1. The van der Waals surface area contributed by atoms with Gasteiger partial charge in [0.2, 0.25) is 0 Å². The van der Waals surface area contributed by atoms with Crippen LogP contribution in [0.4, 0.5) is 14.5 Å². The van der Waals surface area contributed by atoms with Crippen molar-refractivity contribution in [2.75, 3.05) is 18.0 Å². The fourth-order valence-electron chi connectivity index (χ4n) is 3.69. The molecule has 25 heavy (non-hydrogen) atoms. The van der Waals surface area contributed by atoms with Crippen molar-refractivity contribution in [2.24, 2.45) is 11.8 Å². The Labute approximate surface area is 151 Å². The van der Waals surface area contributed by atoms with E-state index in [0.717, 1.165) is 36.2 Å². The van der Waals surface area contributed by atoms with Crippen molar-refractivity contribution >= 4 is 5.69 Å². The standard InChI is InChI=1S/C21H33F2NO/c1-15(2)6-5-7-17-10-12-24(13-11-17)18-8-9-19(16(3)4)20(14-18)25-21(22)23/h8-9,14-17,21H,5-7,10-13H2,1-4H3. The Morgan fingerprint density at radius 3 is 2.36 bits per heavy atom. The molecule has 0 bridgehead atoms. The molecule has 1 aliphatic heterocycles. The highest BCUT2D eigenvalue weighted by Crippen LogP contribution is 2.34. The third kappa shape index (κ3) is 6.16. The molecule has 0 spiro atoms. The zero-order valence-electron chi connectivity index (χ0n) is 16.1. The largest absolute Gasteiger partial charge is 0.434 e.